The minimum absolute atomic E-state index is 0.0251. The molecular formula is C23H34N2O6. The van der Waals surface area contributed by atoms with E-state index in [1.54, 1.807) is 20.8 Å². The Balaban J connectivity index is 2.16. The van der Waals surface area contributed by atoms with Crippen LogP contribution in [0.2, 0.25) is 0 Å². The average Bonchev–Trinajstić information content (AvgIpc) is 3.02. The van der Waals surface area contributed by atoms with Crippen molar-refractivity contribution in [2.24, 2.45) is 5.41 Å². The zero-order valence-corrected chi connectivity index (χ0v) is 19.0. The number of imide groups is 1. The largest absolute Gasteiger partial charge is 0.369 e. The van der Waals surface area contributed by atoms with Crippen LogP contribution >= 0.6 is 0 Å². The maximum absolute atomic E-state index is 13.0. The van der Waals surface area contributed by atoms with Gasteiger partial charge >= 0.3 is 5.97 Å². The Morgan fingerprint density at radius 3 is 2.35 bits per heavy atom. The number of hydrogen-bond acceptors (Lipinski definition) is 6. The van der Waals surface area contributed by atoms with E-state index in [1.165, 1.54) is 0 Å². The third-order valence-corrected chi connectivity index (χ3v) is 6.44. The molecule has 8 heteroatoms. The van der Waals surface area contributed by atoms with Crippen LogP contribution in [0.1, 0.15) is 91.9 Å². The second-order valence-corrected chi connectivity index (χ2v) is 9.14. The van der Waals surface area contributed by atoms with Crippen LogP contribution in [0, 0.1) is 17.3 Å². The molecule has 3 amide bonds. The normalized spacial score (nSPS) is 25.4. The van der Waals surface area contributed by atoms with Gasteiger partial charge in [0.15, 0.2) is 0 Å². The van der Waals surface area contributed by atoms with E-state index < -0.39 is 40.2 Å². The monoisotopic (exact) mass is 434 g/mol. The molecule has 0 bridgehead atoms. The summed E-state index contributed by atoms with van der Waals surface area (Å²) < 4.78 is 0. The second-order valence-electron chi connectivity index (χ2n) is 9.14. The van der Waals surface area contributed by atoms with Crippen LogP contribution in [0.5, 0.6) is 0 Å². The molecular weight excluding hydrogens is 400 g/mol. The van der Waals surface area contributed by atoms with Crippen molar-refractivity contribution in [3.05, 3.63) is 0 Å². The van der Waals surface area contributed by atoms with E-state index in [2.05, 4.69) is 17.2 Å². The summed E-state index contributed by atoms with van der Waals surface area (Å²) >= 11 is 0. The zero-order valence-electron chi connectivity index (χ0n) is 19.0. The van der Waals surface area contributed by atoms with E-state index in [0.717, 1.165) is 12.8 Å². The Hall–Kier alpha value is -2.40. The summed E-state index contributed by atoms with van der Waals surface area (Å²) in [5.41, 5.74) is -3.65. The van der Waals surface area contributed by atoms with Gasteiger partial charge in [-0.25, -0.2) is 4.79 Å². The maximum Gasteiger partial charge on any atom is 0.339 e. The van der Waals surface area contributed by atoms with Gasteiger partial charge in [-0.05, 0) is 52.4 Å². The summed E-state index contributed by atoms with van der Waals surface area (Å²) in [5.74, 6) is 3.28. The molecule has 0 aromatic rings. The lowest BCUT2D eigenvalue weighted by atomic mass is 9.74. The lowest BCUT2D eigenvalue weighted by Gasteiger charge is -2.39. The molecule has 1 saturated heterocycles. The van der Waals surface area contributed by atoms with E-state index in [9.17, 15) is 24.3 Å². The average molecular weight is 435 g/mol. The van der Waals surface area contributed by atoms with Crippen LogP contribution in [-0.2, 0) is 24.0 Å². The minimum atomic E-state index is -1.76. The van der Waals surface area contributed by atoms with Crippen molar-refractivity contribution >= 4 is 23.7 Å². The number of aliphatic hydroxyl groups is 1. The first-order valence-electron chi connectivity index (χ1n) is 11.1. The van der Waals surface area contributed by atoms with Crippen molar-refractivity contribution in [1.29, 1.82) is 0 Å². The van der Waals surface area contributed by atoms with Crippen LogP contribution < -0.4 is 5.32 Å². The summed E-state index contributed by atoms with van der Waals surface area (Å²) in [4.78, 5) is 54.7. The molecule has 1 fully saturated rings. The van der Waals surface area contributed by atoms with Gasteiger partial charge in [-0.1, -0.05) is 32.1 Å². The van der Waals surface area contributed by atoms with E-state index in [0.29, 0.717) is 30.7 Å². The number of carbonyl (C=O) groups is 4. The molecule has 0 spiro atoms. The highest BCUT2D eigenvalue weighted by molar-refractivity contribution is 6.01. The summed E-state index contributed by atoms with van der Waals surface area (Å²) in [6, 6.07) is 0. The summed E-state index contributed by atoms with van der Waals surface area (Å²) in [5, 5.41) is 14.3. The number of hydroxylamine groups is 2. The third kappa shape index (κ3) is 5.85. The van der Waals surface area contributed by atoms with E-state index >= 15 is 0 Å². The molecule has 0 aromatic heterocycles. The van der Waals surface area contributed by atoms with Gasteiger partial charge < -0.3 is 15.3 Å². The quantitative estimate of drug-likeness (QED) is 0.448. The lowest BCUT2D eigenvalue weighted by Crippen LogP contribution is -2.57. The molecule has 0 radical (unpaired) electrons. The number of rotatable bonds is 8. The predicted octanol–water partition coefficient (Wildman–Crippen LogP) is 2.38. The molecule has 0 aromatic carbocycles. The van der Waals surface area contributed by atoms with Crippen molar-refractivity contribution in [1.82, 2.24) is 10.4 Å². The Bertz CT molecular complexity index is 784. The van der Waals surface area contributed by atoms with Gasteiger partial charge in [-0.3, -0.25) is 14.4 Å². The fourth-order valence-corrected chi connectivity index (χ4v) is 3.90. The van der Waals surface area contributed by atoms with E-state index in [1.807, 2.05) is 6.92 Å². The fraction of sp³-hybridized carbons (Fsp3) is 0.739. The molecule has 0 saturated carbocycles. The Kier molecular flexibility index (Phi) is 7.87. The Labute approximate surface area is 184 Å². The number of nitrogens with one attached hydrogen (secondary N) is 1. The van der Waals surface area contributed by atoms with Gasteiger partial charge in [0.2, 0.25) is 5.60 Å². The predicted molar refractivity (Wildman–Crippen MR) is 113 cm³/mol. The smallest absolute Gasteiger partial charge is 0.339 e. The molecule has 2 aliphatic rings. The maximum atomic E-state index is 13.0. The van der Waals surface area contributed by atoms with Gasteiger partial charge in [-0.2, -0.15) is 0 Å². The van der Waals surface area contributed by atoms with Gasteiger partial charge in [0.05, 0.1) is 5.41 Å². The summed E-state index contributed by atoms with van der Waals surface area (Å²) in [6.07, 6.45) is 4.60. The molecule has 8 nitrogen and oxygen atoms in total. The highest BCUT2D eigenvalue weighted by Crippen LogP contribution is 2.36. The first-order chi connectivity index (χ1) is 14.5. The molecule has 1 aliphatic carbocycles. The van der Waals surface area contributed by atoms with Crippen molar-refractivity contribution in [3.63, 3.8) is 0 Å². The molecule has 172 valence electrons. The Morgan fingerprint density at radius 1 is 1.13 bits per heavy atom. The van der Waals surface area contributed by atoms with Gasteiger partial charge in [0, 0.05) is 24.8 Å². The minimum Gasteiger partial charge on any atom is -0.369 e. The molecule has 3 atom stereocenters. The molecule has 3 unspecified atom stereocenters. The van der Waals surface area contributed by atoms with Crippen molar-refractivity contribution in [2.75, 3.05) is 0 Å². The standard InChI is InChI=1S/C23H34N2O6/c1-5-21(3,20(29)31-25-17(26)12-13-18(25)27)16-22(4,6-2)24-19(28)23(30)14-10-8-7-9-11-15-23/h30H,5-10,12-14,16H2,1-4H3,(H,24,28). The topological polar surface area (TPSA) is 113 Å². The first-order valence-corrected chi connectivity index (χ1v) is 11.1. The molecule has 1 heterocycles. The highest BCUT2D eigenvalue weighted by atomic mass is 16.7. The number of hydrogen-bond donors (Lipinski definition) is 2. The number of amides is 3. The van der Waals surface area contributed by atoms with Gasteiger partial charge in [0.25, 0.3) is 17.7 Å². The van der Waals surface area contributed by atoms with Crippen molar-refractivity contribution < 1.29 is 29.1 Å². The lowest BCUT2D eigenvalue weighted by molar-refractivity contribution is -0.205. The van der Waals surface area contributed by atoms with Crippen LogP contribution in [-0.4, -0.2) is 45.0 Å². The summed E-state index contributed by atoms with van der Waals surface area (Å²) in [6.45, 7) is 7.17. The molecule has 1 aliphatic heterocycles. The zero-order chi connectivity index (χ0) is 23.3. The van der Waals surface area contributed by atoms with Crippen LogP contribution in [0.25, 0.3) is 0 Å². The summed E-state index contributed by atoms with van der Waals surface area (Å²) in [7, 11) is 0. The van der Waals surface area contributed by atoms with Crippen LogP contribution in [0.4, 0.5) is 0 Å². The third-order valence-electron chi connectivity index (χ3n) is 6.44. The van der Waals surface area contributed by atoms with Crippen LogP contribution in [0.15, 0.2) is 0 Å². The van der Waals surface area contributed by atoms with Crippen molar-refractivity contribution in [2.45, 2.75) is 103 Å². The van der Waals surface area contributed by atoms with Crippen molar-refractivity contribution in [3.8, 4) is 11.8 Å². The fourth-order valence-electron chi connectivity index (χ4n) is 3.90. The van der Waals surface area contributed by atoms with E-state index in [-0.39, 0.29) is 25.7 Å². The van der Waals surface area contributed by atoms with Gasteiger partial charge in [0.1, 0.15) is 0 Å². The second kappa shape index (κ2) is 9.82. The Morgan fingerprint density at radius 2 is 1.77 bits per heavy atom. The first kappa shape index (κ1) is 24.9. The highest BCUT2D eigenvalue weighted by Gasteiger charge is 2.45. The number of carbonyl (C=O) groups excluding carboxylic acids is 4. The molecule has 31 heavy (non-hydrogen) atoms. The SMILES string of the molecule is CCC(C)(CC(C)(CC)C(=O)ON1C(=O)CCC1=O)NC(=O)C1(O)C#CCCCCC1. The molecule has 2 rings (SSSR count). The molecule has 2 N–H and O–H groups in total. The van der Waals surface area contributed by atoms with Crippen LogP contribution in [0.3, 0.4) is 0 Å². The van der Waals surface area contributed by atoms with Gasteiger partial charge in [-0.15, -0.1) is 5.06 Å². The van der Waals surface area contributed by atoms with E-state index in [4.69, 9.17) is 4.84 Å². The number of nitrogens with zero attached hydrogens (tertiary/aromatic N) is 1.